The highest BCUT2D eigenvalue weighted by atomic mass is 16.5. The van der Waals surface area contributed by atoms with E-state index < -0.39 is 0 Å². The lowest BCUT2D eigenvalue weighted by Gasteiger charge is -2.06. The smallest absolute Gasteiger partial charge is 0.168 e. The Bertz CT molecular complexity index is 488. The summed E-state index contributed by atoms with van der Waals surface area (Å²) in [7, 11) is 0. The van der Waals surface area contributed by atoms with E-state index in [9.17, 15) is 5.11 Å². The second-order valence-corrected chi connectivity index (χ2v) is 3.15. The average Bonchev–Trinajstić information content (AvgIpc) is 2.28. The highest BCUT2D eigenvalue weighted by Gasteiger charge is 2.02. The van der Waals surface area contributed by atoms with Crippen molar-refractivity contribution in [3.05, 3.63) is 42.4 Å². The van der Waals surface area contributed by atoms with Crippen molar-refractivity contribution in [2.45, 2.75) is 6.61 Å². The van der Waals surface area contributed by atoms with E-state index in [2.05, 4.69) is 9.97 Å². The number of nitrogen functional groups attached to an aromatic ring is 1. The zero-order valence-electron chi connectivity index (χ0n) is 8.50. The zero-order valence-corrected chi connectivity index (χ0v) is 8.50. The molecule has 0 aliphatic carbocycles. The predicted octanol–water partition coefficient (Wildman–Crippen LogP) is 1.34. The minimum atomic E-state index is 0.0893. The summed E-state index contributed by atoms with van der Waals surface area (Å²) in [6, 6.07) is 8.31. The Morgan fingerprint density at radius 3 is 2.81 bits per heavy atom. The number of rotatable bonds is 3. The van der Waals surface area contributed by atoms with E-state index in [0.29, 0.717) is 17.4 Å². The lowest BCUT2D eigenvalue weighted by atomic mass is 10.3. The minimum Gasteiger partial charge on any atom is -0.504 e. The van der Waals surface area contributed by atoms with Crippen molar-refractivity contribution >= 4 is 5.82 Å². The van der Waals surface area contributed by atoms with Crippen LogP contribution in [0.5, 0.6) is 11.5 Å². The standard InChI is InChI=1S/C11H11N3O2/c12-10-5-6-13-11(14-10)7-16-9-4-2-1-3-8(9)15/h1-6,15H,7H2,(H2,12,13,14). The van der Waals surface area contributed by atoms with Gasteiger partial charge in [0.25, 0.3) is 0 Å². The minimum absolute atomic E-state index is 0.0893. The highest BCUT2D eigenvalue weighted by Crippen LogP contribution is 2.24. The molecule has 0 spiro atoms. The Hall–Kier alpha value is -2.30. The van der Waals surface area contributed by atoms with Gasteiger partial charge in [-0.3, -0.25) is 0 Å². The Labute approximate surface area is 92.5 Å². The van der Waals surface area contributed by atoms with Crippen LogP contribution < -0.4 is 10.5 Å². The molecule has 1 heterocycles. The summed E-state index contributed by atoms with van der Waals surface area (Å²) in [5, 5.41) is 9.45. The topological polar surface area (TPSA) is 81.3 Å². The molecule has 0 aliphatic rings. The Kier molecular flexibility index (Phi) is 2.86. The van der Waals surface area contributed by atoms with Crippen LogP contribution in [0, 0.1) is 0 Å². The van der Waals surface area contributed by atoms with Crippen molar-refractivity contribution in [2.24, 2.45) is 0 Å². The van der Waals surface area contributed by atoms with Crippen molar-refractivity contribution in [2.75, 3.05) is 5.73 Å². The van der Waals surface area contributed by atoms with Crippen LogP contribution in [0.4, 0.5) is 5.82 Å². The summed E-state index contributed by atoms with van der Waals surface area (Å²) < 4.78 is 5.35. The van der Waals surface area contributed by atoms with Gasteiger partial charge in [-0.15, -0.1) is 0 Å². The predicted molar refractivity (Wildman–Crippen MR) is 58.9 cm³/mol. The van der Waals surface area contributed by atoms with E-state index in [1.54, 1.807) is 36.5 Å². The van der Waals surface area contributed by atoms with Crippen LogP contribution >= 0.6 is 0 Å². The van der Waals surface area contributed by atoms with Gasteiger partial charge >= 0.3 is 0 Å². The van der Waals surface area contributed by atoms with Gasteiger partial charge in [0.15, 0.2) is 17.3 Å². The summed E-state index contributed by atoms with van der Waals surface area (Å²) in [4.78, 5) is 7.96. The molecule has 2 rings (SSSR count). The fraction of sp³-hybridized carbons (Fsp3) is 0.0909. The zero-order chi connectivity index (χ0) is 11.4. The second-order valence-electron chi connectivity index (χ2n) is 3.15. The number of anilines is 1. The Morgan fingerprint density at radius 2 is 2.06 bits per heavy atom. The van der Waals surface area contributed by atoms with Crippen LogP contribution in [-0.4, -0.2) is 15.1 Å². The fourth-order valence-electron chi connectivity index (χ4n) is 1.21. The van der Waals surface area contributed by atoms with Crippen LogP contribution in [0.2, 0.25) is 0 Å². The molecule has 0 saturated heterocycles. The number of nitrogens with two attached hydrogens (primary N) is 1. The lowest BCUT2D eigenvalue weighted by Crippen LogP contribution is -2.03. The van der Waals surface area contributed by atoms with Gasteiger partial charge in [0.2, 0.25) is 0 Å². The molecule has 0 aliphatic heterocycles. The molecule has 0 radical (unpaired) electrons. The summed E-state index contributed by atoms with van der Waals surface area (Å²) in [5.41, 5.74) is 5.50. The number of benzene rings is 1. The van der Waals surface area contributed by atoms with Crippen LogP contribution in [0.1, 0.15) is 5.82 Å². The van der Waals surface area contributed by atoms with Gasteiger partial charge in [0.1, 0.15) is 12.4 Å². The van der Waals surface area contributed by atoms with E-state index in [1.165, 1.54) is 0 Å². The highest BCUT2D eigenvalue weighted by molar-refractivity contribution is 5.37. The van der Waals surface area contributed by atoms with Crippen molar-refractivity contribution in [1.29, 1.82) is 0 Å². The Balaban J connectivity index is 2.05. The molecule has 1 aromatic carbocycles. The van der Waals surface area contributed by atoms with Crippen LogP contribution in [0.15, 0.2) is 36.5 Å². The first kappa shape index (κ1) is 10.2. The maximum Gasteiger partial charge on any atom is 0.168 e. The average molecular weight is 217 g/mol. The largest absolute Gasteiger partial charge is 0.504 e. The quantitative estimate of drug-likeness (QED) is 0.810. The monoisotopic (exact) mass is 217 g/mol. The molecule has 0 saturated carbocycles. The summed E-state index contributed by atoms with van der Waals surface area (Å²) >= 11 is 0. The normalized spacial score (nSPS) is 10.0. The van der Waals surface area contributed by atoms with Gasteiger partial charge in [0, 0.05) is 6.20 Å². The molecule has 1 aromatic heterocycles. The van der Waals surface area contributed by atoms with Gasteiger partial charge in [-0.05, 0) is 18.2 Å². The number of aromatic nitrogens is 2. The maximum atomic E-state index is 9.45. The number of ether oxygens (including phenoxy) is 1. The third-order valence-corrected chi connectivity index (χ3v) is 1.95. The van der Waals surface area contributed by atoms with Crippen molar-refractivity contribution < 1.29 is 9.84 Å². The third kappa shape index (κ3) is 2.38. The molecule has 2 aromatic rings. The van der Waals surface area contributed by atoms with Gasteiger partial charge in [0.05, 0.1) is 0 Å². The molecule has 0 amide bonds. The molecule has 5 nitrogen and oxygen atoms in total. The number of aromatic hydroxyl groups is 1. The van der Waals surface area contributed by atoms with E-state index in [1.807, 2.05) is 0 Å². The van der Waals surface area contributed by atoms with Crippen molar-refractivity contribution in [3.63, 3.8) is 0 Å². The van der Waals surface area contributed by atoms with Crippen molar-refractivity contribution in [1.82, 2.24) is 9.97 Å². The van der Waals surface area contributed by atoms with E-state index in [-0.39, 0.29) is 12.4 Å². The first-order chi connectivity index (χ1) is 7.75. The number of hydrogen-bond donors (Lipinski definition) is 2. The maximum absolute atomic E-state index is 9.45. The first-order valence-corrected chi connectivity index (χ1v) is 4.74. The Morgan fingerprint density at radius 1 is 1.25 bits per heavy atom. The molecule has 5 heteroatoms. The molecule has 16 heavy (non-hydrogen) atoms. The number of hydrogen-bond acceptors (Lipinski definition) is 5. The molecule has 82 valence electrons. The molecule has 0 atom stereocenters. The first-order valence-electron chi connectivity index (χ1n) is 4.74. The third-order valence-electron chi connectivity index (χ3n) is 1.95. The van der Waals surface area contributed by atoms with E-state index in [0.717, 1.165) is 0 Å². The second kappa shape index (κ2) is 4.48. The fourth-order valence-corrected chi connectivity index (χ4v) is 1.21. The van der Waals surface area contributed by atoms with E-state index in [4.69, 9.17) is 10.5 Å². The summed E-state index contributed by atoms with van der Waals surface area (Å²) in [6.45, 7) is 0.169. The van der Waals surface area contributed by atoms with Crippen LogP contribution in [-0.2, 0) is 6.61 Å². The van der Waals surface area contributed by atoms with Gasteiger partial charge < -0.3 is 15.6 Å². The number of phenols is 1. The summed E-state index contributed by atoms with van der Waals surface area (Å²) in [6.07, 6.45) is 1.56. The summed E-state index contributed by atoms with van der Waals surface area (Å²) in [5.74, 6) is 1.36. The molecular weight excluding hydrogens is 206 g/mol. The number of nitrogens with zero attached hydrogens (tertiary/aromatic N) is 2. The molecule has 0 unspecified atom stereocenters. The van der Waals surface area contributed by atoms with Crippen LogP contribution in [0.3, 0.4) is 0 Å². The molecule has 0 fully saturated rings. The molecular formula is C11H11N3O2. The molecule has 0 bridgehead atoms. The van der Waals surface area contributed by atoms with Crippen LogP contribution in [0.25, 0.3) is 0 Å². The number of para-hydroxylation sites is 2. The number of phenolic OH excluding ortho intramolecular Hbond substituents is 1. The lowest BCUT2D eigenvalue weighted by molar-refractivity contribution is 0.280. The van der Waals surface area contributed by atoms with Crippen molar-refractivity contribution in [3.8, 4) is 11.5 Å². The molecule has 3 N–H and O–H groups in total. The van der Waals surface area contributed by atoms with Gasteiger partial charge in [-0.25, -0.2) is 9.97 Å². The van der Waals surface area contributed by atoms with E-state index >= 15 is 0 Å². The van der Waals surface area contributed by atoms with Gasteiger partial charge in [-0.1, -0.05) is 12.1 Å². The van der Waals surface area contributed by atoms with Gasteiger partial charge in [-0.2, -0.15) is 0 Å². The SMILES string of the molecule is Nc1ccnc(COc2ccccc2O)n1.